The van der Waals surface area contributed by atoms with Crippen molar-refractivity contribution in [2.24, 2.45) is 0 Å². The van der Waals surface area contributed by atoms with Crippen LogP contribution in [0, 0.1) is 6.92 Å². The van der Waals surface area contributed by atoms with E-state index in [9.17, 15) is 4.79 Å². The number of nitrogens with one attached hydrogen (secondary N) is 1. The van der Waals surface area contributed by atoms with Crippen molar-refractivity contribution in [2.75, 3.05) is 18.5 Å². The fraction of sp³-hybridized carbons (Fsp3) is 0.312. The number of anilines is 1. The van der Waals surface area contributed by atoms with E-state index in [2.05, 4.69) is 15.4 Å². The molecule has 1 N–H and O–H groups in total. The van der Waals surface area contributed by atoms with Gasteiger partial charge in [-0.2, -0.15) is 10.1 Å². The Morgan fingerprint density at radius 2 is 2.09 bits per heavy atom. The molecule has 4 rings (SSSR count). The molecule has 7 heteroatoms. The predicted molar refractivity (Wildman–Crippen MR) is 84.5 cm³/mol. The van der Waals surface area contributed by atoms with Crippen molar-refractivity contribution in [2.45, 2.75) is 19.0 Å². The van der Waals surface area contributed by atoms with Crippen LogP contribution < -0.4 is 10.9 Å². The Morgan fingerprint density at radius 3 is 2.96 bits per heavy atom. The largest absolute Gasteiger partial charge is 0.424 e. The topological polar surface area (TPSA) is 82.2 Å². The van der Waals surface area contributed by atoms with Crippen molar-refractivity contribution < 1.29 is 9.15 Å². The molecule has 23 heavy (non-hydrogen) atoms. The average molecular weight is 312 g/mol. The molecule has 3 aromatic rings. The minimum atomic E-state index is -0.197. The molecule has 2 unspecified atom stereocenters. The molecule has 0 saturated carbocycles. The molecule has 2 atom stereocenters. The van der Waals surface area contributed by atoms with Crippen LogP contribution in [0.2, 0.25) is 0 Å². The highest BCUT2D eigenvalue weighted by molar-refractivity contribution is 5.74. The molecule has 0 amide bonds. The quantitative estimate of drug-likeness (QED) is 0.793. The van der Waals surface area contributed by atoms with Crippen LogP contribution in [0.3, 0.4) is 0 Å². The number of nitrogens with zero attached hydrogens (tertiary/aromatic N) is 3. The van der Waals surface area contributed by atoms with Crippen LogP contribution in [0.25, 0.3) is 11.1 Å². The Balaban J connectivity index is 1.62. The Bertz CT molecular complexity index is 868. The highest BCUT2D eigenvalue weighted by Crippen LogP contribution is 2.24. The number of aryl methyl sites for hydroxylation is 1. The van der Waals surface area contributed by atoms with Crippen LogP contribution in [0.4, 0.5) is 6.01 Å². The Hall–Kier alpha value is -2.67. The molecule has 118 valence electrons. The van der Waals surface area contributed by atoms with E-state index in [0.29, 0.717) is 19.2 Å². The van der Waals surface area contributed by atoms with Crippen molar-refractivity contribution in [3.63, 3.8) is 0 Å². The molecule has 0 radical (unpaired) electrons. The van der Waals surface area contributed by atoms with E-state index >= 15 is 0 Å². The van der Waals surface area contributed by atoms with Gasteiger partial charge in [0.2, 0.25) is 0 Å². The van der Waals surface area contributed by atoms with Gasteiger partial charge in [-0.3, -0.25) is 4.79 Å². The van der Waals surface area contributed by atoms with Crippen LogP contribution in [0.15, 0.2) is 45.6 Å². The number of hydrogen-bond acceptors (Lipinski definition) is 6. The summed E-state index contributed by atoms with van der Waals surface area (Å²) < 4.78 is 12.7. The first-order valence-electron chi connectivity index (χ1n) is 7.47. The van der Waals surface area contributed by atoms with Gasteiger partial charge in [-0.1, -0.05) is 12.1 Å². The summed E-state index contributed by atoms with van der Waals surface area (Å²) in [5.41, 5.74) is 2.15. The van der Waals surface area contributed by atoms with Gasteiger partial charge in [0, 0.05) is 6.07 Å². The molecule has 1 aliphatic rings. The van der Waals surface area contributed by atoms with E-state index in [1.165, 1.54) is 10.7 Å². The molecular formula is C16H16N4O3. The zero-order valence-corrected chi connectivity index (χ0v) is 12.6. The van der Waals surface area contributed by atoms with Gasteiger partial charge in [0.15, 0.2) is 5.58 Å². The number of benzene rings is 1. The van der Waals surface area contributed by atoms with Crippen molar-refractivity contribution in [1.29, 1.82) is 0 Å². The third-order valence-corrected chi connectivity index (χ3v) is 3.93. The van der Waals surface area contributed by atoms with E-state index in [1.807, 2.05) is 31.2 Å². The minimum absolute atomic E-state index is 0.130. The summed E-state index contributed by atoms with van der Waals surface area (Å²) in [4.78, 5) is 16.5. The van der Waals surface area contributed by atoms with E-state index in [0.717, 1.165) is 16.8 Å². The normalized spacial score (nSPS) is 20.9. The Labute approximate surface area is 131 Å². The van der Waals surface area contributed by atoms with Crippen molar-refractivity contribution in [3.05, 3.63) is 52.4 Å². The number of aromatic nitrogens is 3. The fourth-order valence-corrected chi connectivity index (χ4v) is 2.77. The number of oxazole rings is 1. The molecule has 0 bridgehead atoms. The summed E-state index contributed by atoms with van der Waals surface area (Å²) >= 11 is 0. The van der Waals surface area contributed by atoms with Gasteiger partial charge in [-0.25, -0.2) is 4.68 Å². The highest BCUT2D eigenvalue weighted by Gasteiger charge is 2.32. The van der Waals surface area contributed by atoms with Crippen LogP contribution in [0.1, 0.15) is 11.7 Å². The summed E-state index contributed by atoms with van der Waals surface area (Å²) in [6.45, 7) is 2.74. The lowest BCUT2D eigenvalue weighted by Crippen LogP contribution is -2.37. The van der Waals surface area contributed by atoms with Crippen LogP contribution in [-0.2, 0) is 4.74 Å². The van der Waals surface area contributed by atoms with E-state index < -0.39 is 0 Å². The van der Waals surface area contributed by atoms with Crippen LogP contribution >= 0.6 is 0 Å². The maximum absolute atomic E-state index is 12.1. The molecule has 1 aliphatic heterocycles. The molecule has 0 aliphatic carbocycles. The van der Waals surface area contributed by atoms with Gasteiger partial charge in [-0.05, 0) is 25.1 Å². The summed E-state index contributed by atoms with van der Waals surface area (Å²) in [6.07, 6.45) is 0. The maximum atomic E-state index is 12.1. The standard InChI is InChI=1S/C16H16N4O3/c1-10-6-7-15(21)20(19-10)13-9-22-8-12(13)18-16-17-11-4-2-3-5-14(11)23-16/h2-7,12-13H,8-9H2,1H3,(H,17,18). The predicted octanol–water partition coefficient (Wildman–Crippen LogP) is 1.74. The Kier molecular flexibility index (Phi) is 3.34. The van der Waals surface area contributed by atoms with Gasteiger partial charge in [0.05, 0.1) is 24.9 Å². The molecule has 1 fully saturated rings. The lowest BCUT2D eigenvalue weighted by molar-refractivity contribution is 0.182. The summed E-state index contributed by atoms with van der Waals surface area (Å²) in [6, 6.07) is 10.9. The molecular weight excluding hydrogens is 296 g/mol. The number of hydrogen-bond donors (Lipinski definition) is 1. The molecule has 1 aromatic carbocycles. The van der Waals surface area contributed by atoms with E-state index in [4.69, 9.17) is 9.15 Å². The second-order valence-corrected chi connectivity index (χ2v) is 5.60. The SMILES string of the molecule is Cc1ccc(=O)n(C2COCC2Nc2nc3ccccc3o2)n1. The highest BCUT2D eigenvalue weighted by atomic mass is 16.5. The molecule has 3 heterocycles. The first-order valence-corrected chi connectivity index (χ1v) is 7.47. The third kappa shape index (κ3) is 2.59. The second-order valence-electron chi connectivity index (χ2n) is 5.60. The summed E-state index contributed by atoms with van der Waals surface area (Å²) in [7, 11) is 0. The van der Waals surface area contributed by atoms with E-state index in [-0.39, 0.29) is 17.6 Å². The monoisotopic (exact) mass is 312 g/mol. The average Bonchev–Trinajstić information content (AvgIpc) is 3.16. The van der Waals surface area contributed by atoms with Gasteiger partial charge in [0.25, 0.3) is 11.6 Å². The molecule has 1 saturated heterocycles. The summed E-state index contributed by atoms with van der Waals surface area (Å²) in [5.74, 6) is 0. The van der Waals surface area contributed by atoms with Gasteiger partial charge >= 0.3 is 0 Å². The number of fused-ring (bicyclic) bond motifs is 1. The first kappa shape index (κ1) is 14.0. The van der Waals surface area contributed by atoms with Crippen molar-refractivity contribution in [3.8, 4) is 0 Å². The van der Waals surface area contributed by atoms with Crippen LogP contribution in [0.5, 0.6) is 0 Å². The Morgan fingerprint density at radius 1 is 1.22 bits per heavy atom. The zero-order valence-electron chi connectivity index (χ0n) is 12.6. The number of ether oxygens (including phenoxy) is 1. The minimum Gasteiger partial charge on any atom is -0.424 e. The molecule has 7 nitrogen and oxygen atoms in total. The lowest BCUT2D eigenvalue weighted by Gasteiger charge is -2.19. The third-order valence-electron chi connectivity index (χ3n) is 3.93. The van der Waals surface area contributed by atoms with E-state index in [1.54, 1.807) is 6.07 Å². The van der Waals surface area contributed by atoms with Gasteiger partial charge < -0.3 is 14.5 Å². The molecule has 0 spiro atoms. The number of rotatable bonds is 3. The number of para-hydroxylation sites is 2. The maximum Gasteiger partial charge on any atom is 0.296 e. The lowest BCUT2D eigenvalue weighted by atomic mass is 10.2. The summed E-state index contributed by atoms with van der Waals surface area (Å²) in [5, 5.41) is 7.55. The molecule has 2 aromatic heterocycles. The first-order chi connectivity index (χ1) is 11.2. The van der Waals surface area contributed by atoms with Crippen LogP contribution in [-0.4, -0.2) is 34.0 Å². The smallest absolute Gasteiger partial charge is 0.296 e. The van der Waals surface area contributed by atoms with Crippen molar-refractivity contribution >= 4 is 17.1 Å². The van der Waals surface area contributed by atoms with Gasteiger partial charge in [0.1, 0.15) is 11.6 Å². The van der Waals surface area contributed by atoms with Gasteiger partial charge in [-0.15, -0.1) is 0 Å². The zero-order chi connectivity index (χ0) is 15.8. The fourth-order valence-electron chi connectivity index (χ4n) is 2.77. The van der Waals surface area contributed by atoms with Crippen molar-refractivity contribution in [1.82, 2.24) is 14.8 Å². The second kappa shape index (κ2) is 5.51.